The van der Waals surface area contributed by atoms with Crippen molar-refractivity contribution in [1.82, 2.24) is 0 Å². The van der Waals surface area contributed by atoms with Gasteiger partial charge in [0.1, 0.15) is 0 Å². The Hall–Kier alpha value is -1.33. The van der Waals surface area contributed by atoms with Crippen molar-refractivity contribution in [2.45, 2.75) is 55.4 Å². The van der Waals surface area contributed by atoms with Gasteiger partial charge in [-0.05, 0) is 54.9 Å². The van der Waals surface area contributed by atoms with E-state index in [4.69, 9.17) is 5.14 Å². The molecule has 2 aliphatic carbocycles. The van der Waals surface area contributed by atoms with E-state index >= 15 is 0 Å². The number of hydrogen-bond donors (Lipinski definition) is 2. The molecule has 3 unspecified atom stereocenters. The SMILES string of the molecule is NS(=O)(=O)c1ccc2c(c1)C1C=CCC1C(C1CCCCC1)N2. The highest BCUT2D eigenvalue weighted by atomic mass is 32.2. The first-order valence-corrected chi connectivity index (χ1v) is 10.2. The molecule has 1 aliphatic heterocycles. The van der Waals surface area contributed by atoms with Crippen LogP contribution in [0.3, 0.4) is 0 Å². The average Bonchev–Trinajstić information content (AvgIpc) is 3.03. The topological polar surface area (TPSA) is 72.2 Å². The third-order valence-corrected chi connectivity index (χ3v) is 6.78. The number of primary sulfonamides is 1. The van der Waals surface area contributed by atoms with Crippen LogP contribution in [-0.4, -0.2) is 14.5 Å². The van der Waals surface area contributed by atoms with Crippen LogP contribution in [0.5, 0.6) is 0 Å². The minimum Gasteiger partial charge on any atom is -0.381 e. The van der Waals surface area contributed by atoms with Crippen LogP contribution in [0.2, 0.25) is 0 Å². The number of nitrogens with two attached hydrogens (primary N) is 1. The number of nitrogens with one attached hydrogen (secondary N) is 1. The summed E-state index contributed by atoms with van der Waals surface area (Å²) in [7, 11) is -3.65. The van der Waals surface area contributed by atoms with E-state index in [2.05, 4.69) is 17.5 Å². The van der Waals surface area contributed by atoms with Crippen molar-refractivity contribution in [3.05, 3.63) is 35.9 Å². The van der Waals surface area contributed by atoms with Crippen LogP contribution in [0, 0.1) is 11.8 Å². The van der Waals surface area contributed by atoms with Gasteiger partial charge in [0.15, 0.2) is 0 Å². The van der Waals surface area contributed by atoms with E-state index in [-0.39, 0.29) is 4.90 Å². The highest BCUT2D eigenvalue weighted by molar-refractivity contribution is 7.89. The van der Waals surface area contributed by atoms with Crippen LogP contribution in [0.1, 0.15) is 50.0 Å². The summed E-state index contributed by atoms with van der Waals surface area (Å²) < 4.78 is 23.3. The molecule has 4 nitrogen and oxygen atoms in total. The predicted octanol–water partition coefficient (Wildman–Crippen LogP) is 3.37. The maximum absolute atomic E-state index is 11.7. The molecule has 3 N–H and O–H groups in total. The molecule has 1 aromatic carbocycles. The van der Waals surface area contributed by atoms with Gasteiger partial charge in [0.25, 0.3) is 0 Å². The van der Waals surface area contributed by atoms with Crippen molar-refractivity contribution in [1.29, 1.82) is 0 Å². The van der Waals surface area contributed by atoms with Gasteiger partial charge in [0.05, 0.1) is 4.90 Å². The first-order chi connectivity index (χ1) is 11.0. The Morgan fingerprint density at radius 3 is 2.65 bits per heavy atom. The molecule has 23 heavy (non-hydrogen) atoms. The summed E-state index contributed by atoms with van der Waals surface area (Å²) in [6.45, 7) is 0. The zero-order valence-corrected chi connectivity index (χ0v) is 14.1. The van der Waals surface area contributed by atoms with Gasteiger partial charge in [-0.3, -0.25) is 0 Å². The van der Waals surface area contributed by atoms with Gasteiger partial charge < -0.3 is 5.32 Å². The summed E-state index contributed by atoms with van der Waals surface area (Å²) in [6, 6.07) is 5.79. The third kappa shape index (κ3) is 2.70. The highest BCUT2D eigenvalue weighted by Gasteiger charge is 2.41. The summed E-state index contributed by atoms with van der Waals surface area (Å²) in [5, 5.41) is 9.05. The summed E-state index contributed by atoms with van der Waals surface area (Å²) in [6.07, 6.45) is 12.3. The van der Waals surface area contributed by atoms with Gasteiger partial charge in [-0.1, -0.05) is 31.4 Å². The summed E-state index contributed by atoms with van der Waals surface area (Å²) >= 11 is 0. The zero-order valence-electron chi connectivity index (χ0n) is 13.2. The van der Waals surface area contributed by atoms with Gasteiger partial charge in [-0.25, -0.2) is 13.6 Å². The van der Waals surface area contributed by atoms with Crippen molar-refractivity contribution < 1.29 is 8.42 Å². The molecule has 0 radical (unpaired) electrons. The van der Waals surface area contributed by atoms with Crippen molar-refractivity contribution in [2.24, 2.45) is 17.0 Å². The standard InChI is InChI=1S/C18H24N2O2S/c19-23(21,22)13-9-10-17-16(11-13)14-7-4-8-15(14)18(20-17)12-5-2-1-3-6-12/h4,7,9-12,14-15,18,20H,1-3,5-6,8H2,(H2,19,21,22). The average molecular weight is 332 g/mol. The molecule has 3 atom stereocenters. The second-order valence-corrected chi connectivity index (χ2v) is 8.78. The molecule has 5 heteroatoms. The van der Waals surface area contributed by atoms with Gasteiger partial charge in [-0.15, -0.1) is 0 Å². The van der Waals surface area contributed by atoms with Crippen molar-refractivity contribution in [2.75, 3.05) is 5.32 Å². The van der Waals surface area contributed by atoms with Gasteiger partial charge in [0, 0.05) is 17.6 Å². The molecule has 1 heterocycles. The monoisotopic (exact) mass is 332 g/mol. The fourth-order valence-electron chi connectivity index (χ4n) is 4.75. The Balaban J connectivity index is 1.71. The smallest absolute Gasteiger partial charge is 0.238 e. The van der Waals surface area contributed by atoms with Crippen LogP contribution in [0.4, 0.5) is 5.69 Å². The van der Waals surface area contributed by atoms with E-state index in [9.17, 15) is 8.42 Å². The number of benzene rings is 1. The van der Waals surface area contributed by atoms with Gasteiger partial charge >= 0.3 is 0 Å². The normalized spacial score (nSPS) is 30.6. The van der Waals surface area contributed by atoms with E-state index in [1.54, 1.807) is 12.1 Å². The Kier molecular flexibility index (Phi) is 3.73. The minimum absolute atomic E-state index is 0.216. The summed E-state index contributed by atoms with van der Waals surface area (Å²) in [5.74, 6) is 1.60. The first-order valence-electron chi connectivity index (χ1n) is 8.64. The molecule has 0 amide bonds. The molecule has 0 saturated heterocycles. The molecular formula is C18H24N2O2S. The van der Waals surface area contributed by atoms with Crippen molar-refractivity contribution in [3.63, 3.8) is 0 Å². The lowest BCUT2D eigenvalue weighted by Crippen LogP contribution is -2.42. The van der Waals surface area contributed by atoms with Gasteiger partial charge in [0.2, 0.25) is 10.0 Å². The lowest BCUT2D eigenvalue weighted by Gasteiger charge is -2.42. The Labute approximate surface area is 138 Å². The molecule has 0 aromatic heterocycles. The van der Waals surface area contributed by atoms with Crippen molar-refractivity contribution in [3.8, 4) is 0 Å². The summed E-state index contributed by atoms with van der Waals surface area (Å²) in [4.78, 5) is 0.216. The second kappa shape index (κ2) is 5.64. The maximum atomic E-state index is 11.7. The summed E-state index contributed by atoms with van der Waals surface area (Å²) in [5.41, 5.74) is 2.17. The van der Waals surface area contributed by atoms with E-state index < -0.39 is 10.0 Å². The lowest BCUT2D eigenvalue weighted by atomic mass is 9.71. The van der Waals surface area contributed by atoms with E-state index in [0.29, 0.717) is 17.9 Å². The predicted molar refractivity (Wildman–Crippen MR) is 91.8 cm³/mol. The number of rotatable bonds is 2. The molecule has 1 aromatic rings. The highest BCUT2D eigenvalue weighted by Crippen LogP contribution is 2.48. The molecule has 0 bridgehead atoms. The van der Waals surface area contributed by atoms with E-state index in [1.165, 1.54) is 32.1 Å². The van der Waals surface area contributed by atoms with Crippen LogP contribution < -0.4 is 10.5 Å². The number of sulfonamides is 1. The molecule has 3 aliphatic rings. The second-order valence-electron chi connectivity index (χ2n) is 7.22. The van der Waals surface area contributed by atoms with Crippen LogP contribution >= 0.6 is 0 Å². The Morgan fingerprint density at radius 1 is 1.13 bits per heavy atom. The lowest BCUT2D eigenvalue weighted by molar-refractivity contribution is 0.248. The largest absolute Gasteiger partial charge is 0.381 e. The number of fused-ring (bicyclic) bond motifs is 3. The Morgan fingerprint density at radius 2 is 1.91 bits per heavy atom. The Bertz CT molecular complexity index is 735. The molecule has 1 fully saturated rings. The quantitative estimate of drug-likeness (QED) is 0.816. The van der Waals surface area contributed by atoms with E-state index in [0.717, 1.165) is 23.6 Å². The fourth-order valence-corrected chi connectivity index (χ4v) is 5.30. The fraction of sp³-hybridized carbons (Fsp3) is 0.556. The third-order valence-electron chi connectivity index (χ3n) is 5.86. The van der Waals surface area contributed by atoms with Crippen molar-refractivity contribution >= 4 is 15.7 Å². The molecular weight excluding hydrogens is 308 g/mol. The molecule has 124 valence electrons. The number of allylic oxidation sites excluding steroid dienone is 2. The van der Waals surface area contributed by atoms with Crippen LogP contribution in [0.15, 0.2) is 35.2 Å². The number of hydrogen-bond acceptors (Lipinski definition) is 3. The van der Waals surface area contributed by atoms with E-state index in [1.807, 2.05) is 6.07 Å². The van der Waals surface area contributed by atoms with Crippen LogP contribution in [0.25, 0.3) is 0 Å². The number of anilines is 1. The molecule has 0 spiro atoms. The minimum atomic E-state index is -3.65. The maximum Gasteiger partial charge on any atom is 0.238 e. The first kappa shape index (κ1) is 15.2. The zero-order chi connectivity index (χ0) is 16.0. The molecule has 1 saturated carbocycles. The van der Waals surface area contributed by atoms with Crippen LogP contribution in [-0.2, 0) is 10.0 Å². The molecule has 4 rings (SSSR count). The van der Waals surface area contributed by atoms with Gasteiger partial charge in [-0.2, -0.15) is 0 Å².